The molecule has 0 aliphatic rings. The van der Waals surface area contributed by atoms with E-state index in [9.17, 15) is 0 Å². The molecule has 1 aromatic rings. The summed E-state index contributed by atoms with van der Waals surface area (Å²) in [6, 6.07) is 0.274. The lowest BCUT2D eigenvalue weighted by Crippen LogP contribution is -2.14. The zero-order chi connectivity index (χ0) is 9.84. The zero-order valence-corrected chi connectivity index (χ0v) is 8.07. The van der Waals surface area contributed by atoms with Gasteiger partial charge in [0.1, 0.15) is 0 Å². The smallest absolute Gasteiger partial charge is 0.0951 e. The summed E-state index contributed by atoms with van der Waals surface area (Å²) < 4.78 is 2.03. The molecule has 1 aromatic heterocycles. The number of imidazole rings is 1. The van der Waals surface area contributed by atoms with Gasteiger partial charge in [0.25, 0.3) is 0 Å². The number of terminal acetylenes is 1. The van der Waals surface area contributed by atoms with Crippen molar-refractivity contribution in [2.24, 2.45) is 5.73 Å². The van der Waals surface area contributed by atoms with Crippen LogP contribution in [0.2, 0.25) is 0 Å². The van der Waals surface area contributed by atoms with Crippen molar-refractivity contribution in [1.29, 1.82) is 0 Å². The van der Waals surface area contributed by atoms with E-state index in [1.165, 1.54) is 0 Å². The average Bonchev–Trinajstić information content (AvgIpc) is 2.52. The highest BCUT2D eigenvalue weighted by atomic mass is 15.1. The molecule has 1 rings (SSSR count). The third-order valence-corrected chi connectivity index (χ3v) is 2.05. The Morgan fingerprint density at radius 3 is 2.92 bits per heavy atom. The van der Waals surface area contributed by atoms with E-state index in [0.29, 0.717) is 6.42 Å². The Morgan fingerprint density at radius 1 is 1.69 bits per heavy atom. The third-order valence-electron chi connectivity index (χ3n) is 2.05. The van der Waals surface area contributed by atoms with Crippen molar-refractivity contribution in [2.75, 3.05) is 0 Å². The van der Waals surface area contributed by atoms with Gasteiger partial charge in [0.2, 0.25) is 0 Å². The molecule has 1 heterocycles. The van der Waals surface area contributed by atoms with E-state index < -0.39 is 0 Å². The van der Waals surface area contributed by atoms with Crippen molar-refractivity contribution in [1.82, 2.24) is 9.55 Å². The molecule has 1 unspecified atom stereocenters. The van der Waals surface area contributed by atoms with Crippen LogP contribution in [0.3, 0.4) is 0 Å². The van der Waals surface area contributed by atoms with E-state index in [-0.39, 0.29) is 12.1 Å². The second-order valence-electron chi connectivity index (χ2n) is 3.27. The van der Waals surface area contributed by atoms with Gasteiger partial charge < -0.3 is 10.3 Å². The normalized spacial score (nSPS) is 14.9. The molecular formula is C10H15N3. The van der Waals surface area contributed by atoms with Gasteiger partial charge >= 0.3 is 0 Å². The largest absolute Gasteiger partial charge is 0.329 e. The first kappa shape index (κ1) is 9.82. The van der Waals surface area contributed by atoms with Crippen LogP contribution in [0.5, 0.6) is 0 Å². The molecule has 0 radical (unpaired) electrons. The Hall–Kier alpha value is -1.27. The first-order chi connectivity index (χ1) is 6.16. The number of nitrogens with zero attached hydrogens (tertiary/aromatic N) is 2. The summed E-state index contributed by atoms with van der Waals surface area (Å²) in [5.41, 5.74) is 6.81. The van der Waals surface area contributed by atoms with Crippen LogP contribution in [-0.4, -0.2) is 9.55 Å². The van der Waals surface area contributed by atoms with E-state index in [0.717, 1.165) is 5.69 Å². The van der Waals surface area contributed by atoms with Crippen LogP contribution in [0.15, 0.2) is 12.5 Å². The fraction of sp³-hybridized carbons (Fsp3) is 0.500. The molecule has 0 bridgehead atoms. The van der Waals surface area contributed by atoms with Crippen LogP contribution in [0.1, 0.15) is 38.0 Å². The number of hydrogen-bond acceptors (Lipinski definition) is 2. The van der Waals surface area contributed by atoms with E-state index >= 15 is 0 Å². The Morgan fingerprint density at radius 2 is 2.38 bits per heavy atom. The van der Waals surface area contributed by atoms with E-state index in [4.69, 9.17) is 12.2 Å². The van der Waals surface area contributed by atoms with Gasteiger partial charge in [0, 0.05) is 24.7 Å². The monoisotopic (exact) mass is 177 g/mol. The minimum Gasteiger partial charge on any atom is -0.329 e. The fourth-order valence-corrected chi connectivity index (χ4v) is 1.30. The van der Waals surface area contributed by atoms with Crippen LogP contribution < -0.4 is 5.73 Å². The van der Waals surface area contributed by atoms with Crippen LogP contribution >= 0.6 is 0 Å². The molecule has 0 aliphatic heterocycles. The van der Waals surface area contributed by atoms with Gasteiger partial charge in [0.05, 0.1) is 12.0 Å². The maximum absolute atomic E-state index is 5.78. The Kier molecular flexibility index (Phi) is 3.10. The third kappa shape index (κ3) is 2.10. The maximum Gasteiger partial charge on any atom is 0.0951 e. The van der Waals surface area contributed by atoms with Gasteiger partial charge in [0.15, 0.2) is 0 Å². The summed E-state index contributed by atoms with van der Waals surface area (Å²) in [6.45, 7) is 4.00. The predicted molar refractivity (Wildman–Crippen MR) is 53.0 cm³/mol. The molecule has 2 atom stereocenters. The number of hydrogen-bond donors (Lipinski definition) is 1. The van der Waals surface area contributed by atoms with Crippen molar-refractivity contribution in [2.45, 2.75) is 32.4 Å². The molecule has 0 fully saturated rings. The topological polar surface area (TPSA) is 43.8 Å². The summed E-state index contributed by atoms with van der Waals surface area (Å²) in [5, 5.41) is 0. The van der Waals surface area contributed by atoms with Crippen LogP contribution in [0.25, 0.3) is 0 Å². The number of rotatable bonds is 3. The SMILES string of the molecule is C#CCC(C)n1cncc1[C@H](C)N. The molecular weight excluding hydrogens is 162 g/mol. The molecule has 0 saturated heterocycles. The van der Waals surface area contributed by atoms with Gasteiger partial charge in [-0.15, -0.1) is 12.3 Å². The van der Waals surface area contributed by atoms with Gasteiger partial charge in [-0.2, -0.15) is 0 Å². The Balaban J connectivity index is 2.88. The highest BCUT2D eigenvalue weighted by Gasteiger charge is 2.10. The average molecular weight is 177 g/mol. The molecule has 0 amide bonds. The molecule has 2 N–H and O–H groups in total. The zero-order valence-electron chi connectivity index (χ0n) is 8.07. The highest BCUT2D eigenvalue weighted by Crippen LogP contribution is 2.16. The lowest BCUT2D eigenvalue weighted by atomic mass is 10.2. The lowest BCUT2D eigenvalue weighted by Gasteiger charge is -2.15. The first-order valence-electron chi connectivity index (χ1n) is 4.37. The molecule has 3 nitrogen and oxygen atoms in total. The summed E-state index contributed by atoms with van der Waals surface area (Å²) >= 11 is 0. The molecule has 0 aromatic carbocycles. The maximum atomic E-state index is 5.78. The molecule has 3 heteroatoms. The molecule has 70 valence electrons. The standard InChI is InChI=1S/C10H15N3/c1-4-5-8(2)13-7-12-6-10(13)9(3)11/h1,6-9H,5,11H2,2-3H3/t8?,9-/m0/s1. The second kappa shape index (κ2) is 4.11. The molecule has 0 aliphatic carbocycles. The molecule has 0 spiro atoms. The van der Waals surface area contributed by atoms with Crippen molar-refractivity contribution in [3.8, 4) is 12.3 Å². The minimum atomic E-state index is 0.00252. The number of nitrogens with two attached hydrogens (primary N) is 1. The van der Waals surface area contributed by atoms with Crippen LogP contribution in [0, 0.1) is 12.3 Å². The van der Waals surface area contributed by atoms with Crippen molar-refractivity contribution in [3.63, 3.8) is 0 Å². The Bertz CT molecular complexity index is 306. The summed E-state index contributed by atoms with van der Waals surface area (Å²) in [6.07, 6.45) is 9.52. The summed E-state index contributed by atoms with van der Waals surface area (Å²) in [4.78, 5) is 4.06. The van der Waals surface area contributed by atoms with E-state index in [2.05, 4.69) is 17.8 Å². The Labute approximate surface area is 79.0 Å². The molecule has 0 saturated carbocycles. The highest BCUT2D eigenvalue weighted by molar-refractivity contribution is 5.05. The number of aromatic nitrogens is 2. The van der Waals surface area contributed by atoms with Crippen molar-refractivity contribution >= 4 is 0 Å². The van der Waals surface area contributed by atoms with Crippen LogP contribution in [-0.2, 0) is 0 Å². The summed E-state index contributed by atoms with van der Waals surface area (Å²) in [5.74, 6) is 2.63. The van der Waals surface area contributed by atoms with Crippen molar-refractivity contribution in [3.05, 3.63) is 18.2 Å². The van der Waals surface area contributed by atoms with Gasteiger partial charge in [-0.05, 0) is 13.8 Å². The lowest BCUT2D eigenvalue weighted by molar-refractivity contribution is 0.524. The van der Waals surface area contributed by atoms with Gasteiger partial charge in [-0.1, -0.05) is 0 Å². The van der Waals surface area contributed by atoms with Gasteiger partial charge in [-0.25, -0.2) is 4.98 Å². The van der Waals surface area contributed by atoms with E-state index in [1.807, 2.05) is 11.5 Å². The predicted octanol–water partition coefficient (Wildman–Crippen LogP) is 1.49. The summed E-state index contributed by atoms with van der Waals surface area (Å²) in [7, 11) is 0. The molecule has 13 heavy (non-hydrogen) atoms. The quantitative estimate of drug-likeness (QED) is 0.711. The first-order valence-corrected chi connectivity index (χ1v) is 4.37. The second-order valence-corrected chi connectivity index (χ2v) is 3.27. The minimum absolute atomic E-state index is 0.00252. The van der Waals surface area contributed by atoms with Crippen LogP contribution in [0.4, 0.5) is 0 Å². The fourth-order valence-electron chi connectivity index (χ4n) is 1.30. The van der Waals surface area contributed by atoms with Gasteiger partial charge in [-0.3, -0.25) is 0 Å². The van der Waals surface area contributed by atoms with Crippen molar-refractivity contribution < 1.29 is 0 Å². The van der Waals surface area contributed by atoms with E-state index in [1.54, 1.807) is 12.5 Å².